The lowest BCUT2D eigenvalue weighted by Gasteiger charge is -2.21. The summed E-state index contributed by atoms with van der Waals surface area (Å²) in [5, 5.41) is 3.08. The summed E-state index contributed by atoms with van der Waals surface area (Å²) in [6, 6.07) is 10.1. The van der Waals surface area contributed by atoms with Gasteiger partial charge >= 0.3 is 0 Å². The Morgan fingerprint density at radius 2 is 1.72 bits per heavy atom. The molecule has 1 aliphatic carbocycles. The van der Waals surface area contributed by atoms with Crippen molar-refractivity contribution in [3.05, 3.63) is 35.9 Å². The summed E-state index contributed by atoms with van der Waals surface area (Å²) in [5.74, 6) is -0.0414. The van der Waals surface area contributed by atoms with Crippen LogP contribution >= 0.6 is 0 Å². The maximum atomic E-state index is 12.2. The molecule has 0 saturated heterocycles. The van der Waals surface area contributed by atoms with Crippen LogP contribution in [0, 0.1) is 0 Å². The number of benzene rings is 1. The van der Waals surface area contributed by atoms with E-state index in [1.54, 1.807) is 0 Å². The van der Waals surface area contributed by atoms with Gasteiger partial charge in [0.05, 0.1) is 6.26 Å². The lowest BCUT2D eigenvalue weighted by Crippen LogP contribution is -2.39. The van der Waals surface area contributed by atoms with Gasteiger partial charge in [-0.3, -0.25) is 4.79 Å². The fourth-order valence-electron chi connectivity index (χ4n) is 3.29. The van der Waals surface area contributed by atoms with E-state index in [9.17, 15) is 13.2 Å². The van der Waals surface area contributed by atoms with Gasteiger partial charge in [0.15, 0.2) is 0 Å². The van der Waals surface area contributed by atoms with Crippen molar-refractivity contribution in [2.75, 3.05) is 19.3 Å². The van der Waals surface area contributed by atoms with E-state index in [0.717, 1.165) is 31.2 Å². The Labute approximate surface area is 151 Å². The molecule has 1 N–H and O–H groups in total. The standard InChI is InChI=1S/C19H30N2O3S/c1-25(23,24)21(15-13-17-9-5-4-6-10-17)16-14-19(22)20-18-11-7-2-3-8-12-18/h4-6,9-10,18H,2-3,7-8,11-16H2,1H3,(H,20,22). The van der Waals surface area contributed by atoms with Crippen molar-refractivity contribution in [1.82, 2.24) is 9.62 Å². The van der Waals surface area contributed by atoms with Gasteiger partial charge in [0, 0.05) is 25.6 Å². The second-order valence-corrected chi connectivity index (χ2v) is 8.89. The average molecular weight is 367 g/mol. The van der Waals surface area contributed by atoms with Crippen LogP contribution in [0.25, 0.3) is 0 Å². The zero-order valence-electron chi connectivity index (χ0n) is 15.1. The SMILES string of the molecule is CS(=O)(=O)N(CCC(=O)NC1CCCCCC1)CCc1ccccc1. The van der Waals surface area contributed by atoms with Crippen molar-refractivity contribution in [2.45, 2.75) is 57.4 Å². The molecule has 1 aromatic carbocycles. The molecule has 140 valence electrons. The number of nitrogens with one attached hydrogen (secondary N) is 1. The van der Waals surface area contributed by atoms with Crippen molar-refractivity contribution < 1.29 is 13.2 Å². The van der Waals surface area contributed by atoms with E-state index < -0.39 is 10.0 Å². The minimum Gasteiger partial charge on any atom is -0.353 e. The third-order valence-corrected chi connectivity index (χ3v) is 6.07. The van der Waals surface area contributed by atoms with E-state index >= 15 is 0 Å². The monoisotopic (exact) mass is 366 g/mol. The Morgan fingerprint density at radius 1 is 1.08 bits per heavy atom. The number of hydrogen-bond donors (Lipinski definition) is 1. The molecule has 0 radical (unpaired) electrons. The van der Waals surface area contributed by atoms with E-state index in [1.165, 1.54) is 23.4 Å². The van der Waals surface area contributed by atoms with Gasteiger partial charge in [-0.05, 0) is 24.8 Å². The fraction of sp³-hybridized carbons (Fsp3) is 0.632. The molecule has 6 heteroatoms. The third-order valence-electron chi connectivity index (χ3n) is 4.77. The number of sulfonamides is 1. The molecule has 0 atom stereocenters. The Hall–Kier alpha value is -1.40. The summed E-state index contributed by atoms with van der Waals surface area (Å²) in [6.45, 7) is 0.643. The van der Waals surface area contributed by atoms with Gasteiger partial charge in [-0.2, -0.15) is 0 Å². The van der Waals surface area contributed by atoms with Gasteiger partial charge in [0.1, 0.15) is 0 Å². The molecule has 25 heavy (non-hydrogen) atoms. The molecule has 0 bridgehead atoms. The molecule has 1 aliphatic rings. The van der Waals surface area contributed by atoms with Gasteiger partial charge < -0.3 is 5.32 Å². The van der Waals surface area contributed by atoms with Crippen molar-refractivity contribution in [2.24, 2.45) is 0 Å². The van der Waals surface area contributed by atoms with Crippen molar-refractivity contribution in [3.63, 3.8) is 0 Å². The molecule has 2 rings (SSSR count). The average Bonchev–Trinajstić information content (AvgIpc) is 2.83. The number of carbonyl (C=O) groups is 1. The second kappa shape index (κ2) is 9.92. The molecule has 0 spiro atoms. The number of nitrogens with zero attached hydrogens (tertiary/aromatic N) is 1. The van der Waals surface area contributed by atoms with Gasteiger partial charge in [0.2, 0.25) is 15.9 Å². The summed E-state index contributed by atoms with van der Waals surface area (Å²) in [7, 11) is -3.32. The molecule has 5 nitrogen and oxygen atoms in total. The first-order valence-corrected chi connectivity index (χ1v) is 11.1. The minimum atomic E-state index is -3.32. The molecule has 1 aromatic rings. The van der Waals surface area contributed by atoms with Crippen LogP contribution in [0.4, 0.5) is 0 Å². The Balaban J connectivity index is 1.81. The molecular formula is C19H30N2O3S. The highest BCUT2D eigenvalue weighted by Gasteiger charge is 2.19. The van der Waals surface area contributed by atoms with E-state index in [0.29, 0.717) is 13.0 Å². The van der Waals surface area contributed by atoms with Crippen LogP contribution < -0.4 is 5.32 Å². The first-order chi connectivity index (χ1) is 11.9. The molecular weight excluding hydrogens is 336 g/mol. The molecule has 1 fully saturated rings. The van der Waals surface area contributed by atoms with Gasteiger partial charge in [0.25, 0.3) is 0 Å². The Morgan fingerprint density at radius 3 is 2.32 bits per heavy atom. The highest BCUT2D eigenvalue weighted by atomic mass is 32.2. The predicted molar refractivity (Wildman–Crippen MR) is 101 cm³/mol. The van der Waals surface area contributed by atoms with Gasteiger partial charge in [-0.1, -0.05) is 56.0 Å². The van der Waals surface area contributed by atoms with Crippen LogP contribution in [0.5, 0.6) is 0 Å². The smallest absolute Gasteiger partial charge is 0.221 e. The fourth-order valence-corrected chi connectivity index (χ4v) is 4.14. The molecule has 0 aliphatic heterocycles. The van der Waals surface area contributed by atoms with E-state index in [1.807, 2.05) is 30.3 Å². The van der Waals surface area contributed by atoms with Crippen LogP contribution in [0.2, 0.25) is 0 Å². The summed E-state index contributed by atoms with van der Waals surface area (Å²) < 4.78 is 25.4. The first kappa shape index (κ1) is 19.9. The summed E-state index contributed by atoms with van der Waals surface area (Å²) in [5.41, 5.74) is 1.10. The lowest BCUT2D eigenvalue weighted by atomic mass is 10.1. The highest BCUT2D eigenvalue weighted by molar-refractivity contribution is 7.88. The normalized spacial score (nSPS) is 16.6. The molecule has 0 heterocycles. The van der Waals surface area contributed by atoms with Gasteiger partial charge in [-0.15, -0.1) is 0 Å². The lowest BCUT2D eigenvalue weighted by molar-refractivity contribution is -0.122. The zero-order chi connectivity index (χ0) is 18.1. The summed E-state index contributed by atoms with van der Waals surface area (Å²) >= 11 is 0. The maximum absolute atomic E-state index is 12.2. The van der Waals surface area contributed by atoms with Crippen molar-refractivity contribution in [1.29, 1.82) is 0 Å². The largest absolute Gasteiger partial charge is 0.353 e. The molecule has 1 amide bonds. The quantitative estimate of drug-likeness (QED) is 0.720. The predicted octanol–water partition coefficient (Wildman–Crippen LogP) is 2.72. The van der Waals surface area contributed by atoms with E-state index in [4.69, 9.17) is 0 Å². The number of rotatable bonds is 8. The number of carbonyl (C=O) groups excluding carboxylic acids is 1. The number of amides is 1. The van der Waals surface area contributed by atoms with Crippen LogP contribution in [0.3, 0.4) is 0 Å². The Bertz CT molecular complexity index is 623. The molecule has 1 saturated carbocycles. The van der Waals surface area contributed by atoms with Gasteiger partial charge in [-0.25, -0.2) is 12.7 Å². The van der Waals surface area contributed by atoms with Crippen LogP contribution in [-0.2, 0) is 21.2 Å². The summed E-state index contributed by atoms with van der Waals surface area (Å²) in [4.78, 5) is 12.2. The molecule has 0 aromatic heterocycles. The van der Waals surface area contributed by atoms with Crippen molar-refractivity contribution >= 4 is 15.9 Å². The second-order valence-electron chi connectivity index (χ2n) is 6.90. The van der Waals surface area contributed by atoms with E-state index in [2.05, 4.69) is 5.32 Å². The topological polar surface area (TPSA) is 66.5 Å². The van der Waals surface area contributed by atoms with Crippen LogP contribution in [0.1, 0.15) is 50.5 Å². The van der Waals surface area contributed by atoms with E-state index in [-0.39, 0.29) is 24.9 Å². The highest BCUT2D eigenvalue weighted by Crippen LogP contribution is 2.17. The number of hydrogen-bond acceptors (Lipinski definition) is 3. The molecule has 0 unspecified atom stereocenters. The minimum absolute atomic E-state index is 0.0414. The van der Waals surface area contributed by atoms with Crippen LogP contribution in [-0.4, -0.2) is 44.0 Å². The Kier molecular flexibility index (Phi) is 7.90. The summed E-state index contributed by atoms with van der Waals surface area (Å²) in [6.07, 6.45) is 8.97. The van der Waals surface area contributed by atoms with Crippen LogP contribution in [0.15, 0.2) is 30.3 Å². The van der Waals surface area contributed by atoms with Crippen molar-refractivity contribution in [3.8, 4) is 0 Å². The third kappa shape index (κ3) is 7.57. The zero-order valence-corrected chi connectivity index (χ0v) is 15.9. The first-order valence-electron chi connectivity index (χ1n) is 9.23. The maximum Gasteiger partial charge on any atom is 0.221 e.